The lowest BCUT2D eigenvalue weighted by Gasteiger charge is -2.12. The minimum absolute atomic E-state index is 0.388. The maximum absolute atomic E-state index is 12.7. The Labute approximate surface area is 98.9 Å². The molecule has 0 N–H and O–H groups in total. The quantitative estimate of drug-likeness (QED) is 0.471. The van der Waals surface area contributed by atoms with E-state index in [1.54, 1.807) is 6.92 Å². The maximum Gasteiger partial charge on any atom is 0.332 e. The molecular formula is C11H11FO4S. The Hall–Kier alpha value is -1.69. The number of esters is 1. The van der Waals surface area contributed by atoms with Crippen LogP contribution in [0.3, 0.4) is 0 Å². The highest BCUT2D eigenvalue weighted by molar-refractivity contribution is 7.86. The Morgan fingerprint density at radius 1 is 1.53 bits per heavy atom. The van der Waals surface area contributed by atoms with Gasteiger partial charge in [0.1, 0.15) is 6.10 Å². The summed E-state index contributed by atoms with van der Waals surface area (Å²) < 4.78 is 39.0. The predicted molar refractivity (Wildman–Crippen MR) is 59.4 cm³/mol. The van der Waals surface area contributed by atoms with Crippen molar-refractivity contribution in [1.29, 1.82) is 0 Å². The van der Waals surface area contributed by atoms with Gasteiger partial charge in [-0.3, -0.25) is 0 Å². The van der Waals surface area contributed by atoms with E-state index in [4.69, 9.17) is 4.74 Å². The fraction of sp³-hybridized carbons (Fsp3) is 0.182. The Morgan fingerprint density at radius 2 is 2.18 bits per heavy atom. The first kappa shape index (κ1) is 13.4. The zero-order chi connectivity index (χ0) is 13.1. The average molecular weight is 258 g/mol. The Balaban J connectivity index is 3.00. The van der Waals surface area contributed by atoms with E-state index in [0.717, 1.165) is 18.2 Å². The van der Waals surface area contributed by atoms with E-state index in [-0.39, 0.29) is 0 Å². The zero-order valence-corrected chi connectivity index (χ0v) is 9.91. The van der Waals surface area contributed by atoms with Crippen molar-refractivity contribution in [3.8, 4) is 0 Å². The summed E-state index contributed by atoms with van der Waals surface area (Å²) in [5, 5.41) is 0. The molecule has 1 rings (SSSR count). The first-order chi connectivity index (χ1) is 7.84. The fourth-order valence-corrected chi connectivity index (χ4v) is 1.73. The molecule has 4 nitrogen and oxygen atoms in total. The van der Waals surface area contributed by atoms with Crippen LogP contribution in [0.1, 0.15) is 18.6 Å². The lowest BCUT2D eigenvalue weighted by molar-refractivity contribution is -0.142. The van der Waals surface area contributed by atoms with Crippen LogP contribution in [0.4, 0.5) is 3.89 Å². The summed E-state index contributed by atoms with van der Waals surface area (Å²) >= 11 is 0. The molecule has 0 bridgehead atoms. The number of rotatable bonds is 4. The zero-order valence-electron chi connectivity index (χ0n) is 9.09. The molecule has 0 radical (unpaired) electrons. The molecular weight excluding hydrogens is 247 g/mol. The predicted octanol–water partition coefficient (Wildman–Crippen LogP) is 2.13. The standard InChI is InChI=1S/C11H11FO4S/c1-3-11(13)16-8(2)9-5-4-6-10(7-9)17(12,14)15/h3-8H,1H2,2H3. The highest BCUT2D eigenvalue weighted by atomic mass is 32.3. The summed E-state index contributed by atoms with van der Waals surface area (Å²) in [5.74, 6) is -0.633. The molecule has 1 aromatic rings. The average Bonchev–Trinajstić information content (AvgIpc) is 2.28. The minimum Gasteiger partial charge on any atom is -0.455 e. The number of hydrogen-bond donors (Lipinski definition) is 0. The van der Waals surface area contributed by atoms with Crippen LogP contribution < -0.4 is 0 Å². The SMILES string of the molecule is C=CC(=O)OC(C)c1cccc(S(=O)(=O)F)c1. The van der Waals surface area contributed by atoms with Crippen molar-refractivity contribution in [3.63, 3.8) is 0 Å². The smallest absolute Gasteiger partial charge is 0.332 e. The molecule has 1 unspecified atom stereocenters. The first-order valence-corrected chi connectivity index (χ1v) is 6.10. The normalized spacial score (nSPS) is 12.8. The molecule has 0 amide bonds. The van der Waals surface area contributed by atoms with Gasteiger partial charge in [-0.25, -0.2) is 4.79 Å². The van der Waals surface area contributed by atoms with Gasteiger partial charge in [0.05, 0.1) is 4.90 Å². The molecule has 0 aromatic heterocycles. The van der Waals surface area contributed by atoms with E-state index in [2.05, 4.69) is 6.58 Å². The van der Waals surface area contributed by atoms with Crippen LogP contribution in [0, 0.1) is 0 Å². The van der Waals surface area contributed by atoms with E-state index < -0.39 is 27.2 Å². The van der Waals surface area contributed by atoms with Gasteiger partial charge in [0, 0.05) is 6.08 Å². The van der Waals surface area contributed by atoms with E-state index in [0.29, 0.717) is 5.56 Å². The third-order valence-electron chi connectivity index (χ3n) is 2.07. The van der Waals surface area contributed by atoms with E-state index in [1.807, 2.05) is 0 Å². The van der Waals surface area contributed by atoms with Crippen molar-refractivity contribution in [3.05, 3.63) is 42.5 Å². The van der Waals surface area contributed by atoms with Crippen molar-refractivity contribution in [2.24, 2.45) is 0 Å². The number of hydrogen-bond acceptors (Lipinski definition) is 4. The molecule has 17 heavy (non-hydrogen) atoms. The van der Waals surface area contributed by atoms with Gasteiger partial charge in [-0.2, -0.15) is 8.42 Å². The van der Waals surface area contributed by atoms with Crippen LogP contribution in [-0.4, -0.2) is 14.4 Å². The Morgan fingerprint density at radius 3 is 2.71 bits per heavy atom. The molecule has 0 aliphatic heterocycles. The summed E-state index contributed by atoms with van der Waals surface area (Å²) in [5.41, 5.74) is 0.388. The highest BCUT2D eigenvalue weighted by Crippen LogP contribution is 2.21. The topological polar surface area (TPSA) is 60.4 Å². The first-order valence-electron chi connectivity index (χ1n) is 4.72. The fourth-order valence-electron chi connectivity index (χ4n) is 1.21. The molecule has 1 atom stereocenters. The van der Waals surface area contributed by atoms with Crippen LogP contribution in [0.5, 0.6) is 0 Å². The Kier molecular flexibility index (Phi) is 4.01. The van der Waals surface area contributed by atoms with Crippen LogP contribution >= 0.6 is 0 Å². The second kappa shape index (κ2) is 5.09. The van der Waals surface area contributed by atoms with Gasteiger partial charge < -0.3 is 4.74 Å². The molecule has 92 valence electrons. The van der Waals surface area contributed by atoms with Crippen molar-refractivity contribution in [2.75, 3.05) is 0 Å². The molecule has 1 aromatic carbocycles. The molecule has 0 spiro atoms. The summed E-state index contributed by atoms with van der Waals surface area (Å²) in [6, 6.07) is 5.16. The Bertz CT molecular complexity index is 536. The number of carbonyl (C=O) groups excluding carboxylic acids is 1. The highest BCUT2D eigenvalue weighted by Gasteiger charge is 2.15. The van der Waals surface area contributed by atoms with Gasteiger partial charge >= 0.3 is 16.2 Å². The summed E-state index contributed by atoms with van der Waals surface area (Å²) in [6.45, 7) is 4.78. The molecule has 6 heteroatoms. The molecule has 0 aliphatic carbocycles. The van der Waals surface area contributed by atoms with Gasteiger partial charge in [0.25, 0.3) is 0 Å². The number of ether oxygens (including phenoxy) is 1. The monoisotopic (exact) mass is 258 g/mol. The summed E-state index contributed by atoms with van der Waals surface area (Å²) in [6.07, 6.45) is 0.314. The van der Waals surface area contributed by atoms with Gasteiger partial charge in [0.15, 0.2) is 0 Å². The minimum atomic E-state index is -4.75. The molecule has 0 fully saturated rings. The molecule has 0 heterocycles. The van der Waals surface area contributed by atoms with Crippen molar-refractivity contribution in [1.82, 2.24) is 0 Å². The molecule has 0 aliphatic rings. The van der Waals surface area contributed by atoms with Crippen LogP contribution in [0.25, 0.3) is 0 Å². The largest absolute Gasteiger partial charge is 0.455 e. The van der Waals surface area contributed by atoms with Crippen molar-refractivity contribution < 1.29 is 21.8 Å². The lowest BCUT2D eigenvalue weighted by atomic mass is 10.1. The lowest BCUT2D eigenvalue weighted by Crippen LogP contribution is -2.06. The van der Waals surface area contributed by atoms with E-state index >= 15 is 0 Å². The number of halogens is 1. The number of benzene rings is 1. The maximum atomic E-state index is 12.7. The van der Waals surface area contributed by atoms with Crippen molar-refractivity contribution >= 4 is 16.2 Å². The van der Waals surface area contributed by atoms with Crippen LogP contribution in [0.2, 0.25) is 0 Å². The van der Waals surface area contributed by atoms with Crippen LogP contribution in [0.15, 0.2) is 41.8 Å². The third kappa shape index (κ3) is 3.67. The van der Waals surface area contributed by atoms with Gasteiger partial charge in [-0.1, -0.05) is 18.7 Å². The van der Waals surface area contributed by atoms with Gasteiger partial charge in [-0.15, -0.1) is 3.89 Å². The summed E-state index contributed by atoms with van der Waals surface area (Å²) in [7, 11) is -4.75. The van der Waals surface area contributed by atoms with Crippen LogP contribution in [-0.2, 0) is 19.8 Å². The van der Waals surface area contributed by atoms with Crippen molar-refractivity contribution in [2.45, 2.75) is 17.9 Å². The van der Waals surface area contributed by atoms with E-state index in [9.17, 15) is 17.1 Å². The van der Waals surface area contributed by atoms with Gasteiger partial charge in [0.2, 0.25) is 0 Å². The number of carbonyl (C=O) groups is 1. The molecule has 0 saturated carbocycles. The summed E-state index contributed by atoms with van der Waals surface area (Å²) in [4.78, 5) is 10.5. The third-order valence-corrected chi connectivity index (χ3v) is 2.89. The second-order valence-corrected chi connectivity index (χ2v) is 4.64. The van der Waals surface area contributed by atoms with Gasteiger partial charge in [-0.05, 0) is 24.6 Å². The molecule has 0 saturated heterocycles. The van der Waals surface area contributed by atoms with E-state index in [1.165, 1.54) is 12.1 Å². The second-order valence-electron chi connectivity index (χ2n) is 3.29.